The fraction of sp³-hybridized carbons (Fsp3) is 0.618. The number of benzene rings is 1. The van der Waals surface area contributed by atoms with E-state index in [0.717, 1.165) is 25.7 Å². The molecule has 4 rings (SSSR count). The van der Waals surface area contributed by atoms with Crippen molar-refractivity contribution < 1.29 is 33.2 Å². The molecular formula is C34H48FN5O6. The van der Waals surface area contributed by atoms with Gasteiger partial charge < -0.3 is 30.5 Å². The molecule has 1 aliphatic carbocycles. The molecule has 2 aromatic rings. The number of hydrogen-bond donors (Lipinski definition) is 4. The summed E-state index contributed by atoms with van der Waals surface area (Å²) in [6, 6.07) is 3.36. The van der Waals surface area contributed by atoms with Crippen molar-refractivity contribution in [1.29, 1.82) is 0 Å². The molecule has 0 spiro atoms. The maximum absolute atomic E-state index is 15.6. The van der Waals surface area contributed by atoms with Gasteiger partial charge in [0.2, 0.25) is 23.6 Å². The highest BCUT2D eigenvalue weighted by Crippen LogP contribution is 2.33. The number of rotatable bonds is 11. The van der Waals surface area contributed by atoms with Crippen LogP contribution in [0.1, 0.15) is 103 Å². The topological polar surface area (TPSA) is 154 Å². The first-order valence-electron chi connectivity index (χ1n) is 16.6. The van der Waals surface area contributed by atoms with Crippen LogP contribution < -0.4 is 16.0 Å². The van der Waals surface area contributed by atoms with Crippen molar-refractivity contribution in [3.8, 4) is 0 Å². The fourth-order valence-corrected chi connectivity index (χ4v) is 6.42. The molecular weight excluding hydrogens is 593 g/mol. The van der Waals surface area contributed by atoms with Gasteiger partial charge in [-0.2, -0.15) is 0 Å². The SMILES string of the molecule is CCC(=O)N[C@@H](C(=O)N1CCC(C)(O)CC1)[C@@H](C)c1ccc(NC(=O)[C@H](C(=O)Nc2conc2CC)C2CCCCCC2)c(F)c1. The Morgan fingerprint density at radius 1 is 1.04 bits per heavy atom. The minimum atomic E-state index is -1.05. The molecule has 2 aliphatic rings. The zero-order chi connectivity index (χ0) is 33.4. The first kappa shape index (κ1) is 35.1. The van der Waals surface area contributed by atoms with Gasteiger partial charge in [-0.05, 0) is 62.6 Å². The Kier molecular flexibility index (Phi) is 11.9. The summed E-state index contributed by atoms with van der Waals surface area (Å²) >= 11 is 0. The molecule has 12 heteroatoms. The monoisotopic (exact) mass is 641 g/mol. The molecule has 1 aliphatic heterocycles. The van der Waals surface area contributed by atoms with Crippen LogP contribution in [0.5, 0.6) is 0 Å². The summed E-state index contributed by atoms with van der Waals surface area (Å²) in [5.41, 5.74) is 0.525. The number of piperidine rings is 1. The van der Waals surface area contributed by atoms with Crippen molar-refractivity contribution in [3.63, 3.8) is 0 Å². The highest BCUT2D eigenvalue weighted by molar-refractivity contribution is 6.11. The van der Waals surface area contributed by atoms with Crippen molar-refractivity contribution in [2.24, 2.45) is 11.8 Å². The normalized spacial score (nSPS) is 19.0. The zero-order valence-electron chi connectivity index (χ0n) is 27.4. The van der Waals surface area contributed by atoms with Crippen molar-refractivity contribution in [2.45, 2.75) is 109 Å². The van der Waals surface area contributed by atoms with Crippen molar-refractivity contribution >= 4 is 35.0 Å². The van der Waals surface area contributed by atoms with E-state index in [9.17, 15) is 24.3 Å². The second-order valence-corrected chi connectivity index (χ2v) is 13.0. The lowest BCUT2D eigenvalue weighted by Gasteiger charge is -2.38. The standard InChI is InChI=1S/C34H48FN5O6/c1-5-25-27(20-46-39-25)37-32(43)29(22-11-9-7-8-10-12-22)31(42)36-26-14-13-23(19-24(26)35)21(3)30(38-28(41)6-2)33(44)40-17-15-34(4,45)16-18-40/h13-14,19-22,29-30,45H,5-12,15-18H2,1-4H3,(H,36,42)(H,37,43)(H,38,41)/t21-,29+,30+/m0/s1. The molecule has 0 unspecified atom stereocenters. The number of carbonyl (C=O) groups is 4. The number of carbonyl (C=O) groups excluding carboxylic acids is 4. The second-order valence-electron chi connectivity index (χ2n) is 13.0. The summed E-state index contributed by atoms with van der Waals surface area (Å²) in [5, 5.41) is 22.5. The van der Waals surface area contributed by atoms with E-state index in [4.69, 9.17) is 4.52 Å². The number of nitrogens with one attached hydrogen (secondary N) is 3. The van der Waals surface area contributed by atoms with E-state index in [0.29, 0.717) is 62.1 Å². The lowest BCUT2D eigenvalue weighted by molar-refractivity contribution is -0.140. The number of anilines is 2. The van der Waals surface area contributed by atoms with Crippen molar-refractivity contribution in [1.82, 2.24) is 15.4 Å². The minimum absolute atomic E-state index is 0.0784. The highest BCUT2D eigenvalue weighted by atomic mass is 19.1. The van der Waals surface area contributed by atoms with Gasteiger partial charge >= 0.3 is 0 Å². The quantitative estimate of drug-likeness (QED) is 0.201. The van der Waals surface area contributed by atoms with Gasteiger partial charge in [-0.1, -0.05) is 57.7 Å². The molecule has 2 fully saturated rings. The van der Waals surface area contributed by atoms with E-state index in [1.54, 1.807) is 31.7 Å². The number of halogens is 1. The first-order valence-corrected chi connectivity index (χ1v) is 16.6. The fourth-order valence-electron chi connectivity index (χ4n) is 6.42. The van der Waals surface area contributed by atoms with Crippen LogP contribution in [0.3, 0.4) is 0 Å². The maximum atomic E-state index is 15.6. The number of aryl methyl sites for hydroxylation is 1. The van der Waals surface area contributed by atoms with Crippen LogP contribution in [0.2, 0.25) is 0 Å². The molecule has 1 saturated heterocycles. The van der Waals surface area contributed by atoms with Gasteiger partial charge in [-0.3, -0.25) is 19.2 Å². The number of aromatic nitrogens is 1. The predicted octanol–water partition coefficient (Wildman–Crippen LogP) is 4.91. The smallest absolute Gasteiger partial charge is 0.245 e. The molecule has 1 aromatic carbocycles. The predicted molar refractivity (Wildman–Crippen MR) is 171 cm³/mol. The van der Waals surface area contributed by atoms with Crippen molar-refractivity contribution in [2.75, 3.05) is 23.7 Å². The molecule has 4 amide bonds. The maximum Gasteiger partial charge on any atom is 0.245 e. The molecule has 0 bridgehead atoms. The summed E-state index contributed by atoms with van der Waals surface area (Å²) in [5.74, 6) is -4.24. The Labute approximate surface area is 270 Å². The Morgan fingerprint density at radius 2 is 1.67 bits per heavy atom. The third-order valence-electron chi connectivity index (χ3n) is 9.51. The molecule has 2 heterocycles. The van der Waals surface area contributed by atoms with Crippen LogP contribution in [-0.4, -0.2) is 63.5 Å². The Balaban J connectivity index is 1.53. The number of amides is 4. The third-order valence-corrected chi connectivity index (χ3v) is 9.51. The van der Waals surface area contributed by atoms with E-state index in [-0.39, 0.29) is 29.8 Å². The number of hydrogen-bond acceptors (Lipinski definition) is 7. The van der Waals surface area contributed by atoms with Crippen LogP contribution in [0.4, 0.5) is 15.8 Å². The van der Waals surface area contributed by atoms with Gasteiger partial charge in [0, 0.05) is 25.4 Å². The summed E-state index contributed by atoms with van der Waals surface area (Å²) in [7, 11) is 0. The van der Waals surface area contributed by atoms with Gasteiger partial charge in [0.25, 0.3) is 0 Å². The van der Waals surface area contributed by atoms with Gasteiger partial charge in [-0.15, -0.1) is 0 Å². The largest absolute Gasteiger partial charge is 0.390 e. The Morgan fingerprint density at radius 3 is 2.26 bits per heavy atom. The summed E-state index contributed by atoms with van der Waals surface area (Å²) < 4.78 is 20.6. The first-order chi connectivity index (χ1) is 21.9. The van der Waals surface area contributed by atoms with E-state index >= 15 is 4.39 Å². The van der Waals surface area contributed by atoms with E-state index < -0.39 is 41.1 Å². The molecule has 0 radical (unpaired) electrons. The zero-order valence-corrected chi connectivity index (χ0v) is 27.4. The lowest BCUT2D eigenvalue weighted by Crippen LogP contribution is -2.54. The van der Waals surface area contributed by atoms with Gasteiger partial charge in [-0.25, -0.2) is 4.39 Å². The minimum Gasteiger partial charge on any atom is -0.390 e. The number of likely N-dealkylation sites (tertiary alicyclic amines) is 1. The summed E-state index contributed by atoms with van der Waals surface area (Å²) in [6.45, 7) is 7.75. The van der Waals surface area contributed by atoms with E-state index in [2.05, 4.69) is 21.1 Å². The van der Waals surface area contributed by atoms with Crippen molar-refractivity contribution in [3.05, 3.63) is 41.5 Å². The molecule has 1 saturated carbocycles. The third kappa shape index (κ3) is 8.71. The molecule has 4 N–H and O–H groups in total. The van der Waals surface area contributed by atoms with Gasteiger partial charge in [0.1, 0.15) is 35.4 Å². The Hall–Kier alpha value is -3.80. The van der Waals surface area contributed by atoms with Crippen LogP contribution in [-0.2, 0) is 25.6 Å². The highest BCUT2D eigenvalue weighted by Gasteiger charge is 2.38. The lowest BCUT2D eigenvalue weighted by atomic mass is 9.84. The summed E-state index contributed by atoms with van der Waals surface area (Å²) in [6.07, 6.45) is 8.20. The van der Waals surface area contributed by atoms with Crippen LogP contribution in [0.25, 0.3) is 0 Å². The molecule has 11 nitrogen and oxygen atoms in total. The molecule has 3 atom stereocenters. The van der Waals surface area contributed by atoms with Gasteiger partial charge in [0.15, 0.2) is 0 Å². The van der Waals surface area contributed by atoms with Crippen LogP contribution in [0, 0.1) is 17.7 Å². The number of nitrogens with zero attached hydrogens (tertiary/aromatic N) is 2. The Bertz CT molecular complexity index is 1380. The molecule has 1 aromatic heterocycles. The van der Waals surface area contributed by atoms with Gasteiger partial charge in [0.05, 0.1) is 11.3 Å². The molecule has 46 heavy (non-hydrogen) atoms. The van der Waals surface area contributed by atoms with E-state index in [1.165, 1.54) is 18.4 Å². The second kappa shape index (κ2) is 15.7. The van der Waals surface area contributed by atoms with Crippen LogP contribution >= 0.6 is 0 Å². The molecule has 252 valence electrons. The van der Waals surface area contributed by atoms with Crippen LogP contribution in [0.15, 0.2) is 29.0 Å². The average Bonchev–Trinajstić information content (AvgIpc) is 3.31. The average molecular weight is 642 g/mol. The van der Waals surface area contributed by atoms with E-state index in [1.807, 2.05) is 6.92 Å². The summed E-state index contributed by atoms with van der Waals surface area (Å²) in [4.78, 5) is 54.9. The number of aliphatic hydroxyl groups is 1.